The number of sulfonamides is 1. The van der Waals surface area contributed by atoms with Crippen LogP contribution in [0, 0.1) is 12.7 Å². The first-order valence-corrected chi connectivity index (χ1v) is 10.9. The molecule has 1 aromatic carbocycles. The minimum atomic E-state index is -3.72. The van der Waals surface area contributed by atoms with Crippen LogP contribution in [-0.2, 0) is 23.0 Å². The first-order valence-electron chi connectivity index (χ1n) is 9.48. The lowest BCUT2D eigenvalue weighted by Gasteiger charge is -2.33. The third kappa shape index (κ3) is 3.44. The highest BCUT2D eigenvalue weighted by atomic mass is 32.2. The highest BCUT2D eigenvalue weighted by Gasteiger charge is 2.32. The molecule has 1 saturated heterocycles. The summed E-state index contributed by atoms with van der Waals surface area (Å²) in [5.41, 5.74) is 1.90. The third-order valence-electron chi connectivity index (χ3n) is 5.42. The fourth-order valence-corrected chi connectivity index (χ4v) is 5.49. The molecule has 0 radical (unpaired) electrons. The van der Waals surface area contributed by atoms with Gasteiger partial charge >= 0.3 is 0 Å². The molecule has 1 aromatic heterocycles. The number of carbonyl (C=O) groups is 1. The molecule has 150 valence electrons. The van der Waals surface area contributed by atoms with E-state index in [1.54, 1.807) is 11.8 Å². The van der Waals surface area contributed by atoms with Crippen molar-refractivity contribution in [3.8, 4) is 0 Å². The number of amides is 1. The van der Waals surface area contributed by atoms with E-state index in [4.69, 9.17) is 0 Å². The van der Waals surface area contributed by atoms with Crippen LogP contribution >= 0.6 is 0 Å². The fourth-order valence-electron chi connectivity index (χ4n) is 3.86. The maximum atomic E-state index is 13.3. The van der Waals surface area contributed by atoms with Gasteiger partial charge in [-0.05, 0) is 56.0 Å². The molecule has 2 aromatic rings. The van der Waals surface area contributed by atoms with E-state index >= 15 is 0 Å². The molecular weight excluding hydrogens is 383 g/mol. The van der Waals surface area contributed by atoms with Crippen LogP contribution in [0.1, 0.15) is 34.6 Å². The Kier molecular flexibility index (Phi) is 4.96. The topological polar surface area (TPSA) is 75.5 Å². The van der Waals surface area contributed by atoms with Crippen molar-refractivity contribution in [2.75, 3.05) is 26.2 Å². The molecule has 0 aliphatic carbocycles. The van der Waals surface area contributed by atoms with Crippen molar-refractivity contribution in [2.45, 2.75) is 37.6 Å². The molecule has 0 saturated carbocycles. The van der Waals surface area contributed by atoms with Crippen molar-refractivity contribution in [2.24, 2.45) is 0 Å². The molecule has 1 fully saturated rings. The van der Waals surface area contributed by atoms with E-state index in [2.05, 4.69) is 5.10 Å². The summed E-state index contributed by atoms with van der Waals surface area (Å²) in [5.74, 6) is -0.619. The largest absolute Gasteiger partial charge is 0.335 e. The molecule has 0 N–H and O–H groups in total. The number of hydrogen-bond donors (Lipinski definition) is 0. The van der Waals surface area contributed by atoms with Crippen LogP contribution in [0.2, 0.25) is 0 Å². The lowest BCUT2D eigenvalue weighted by Crippen LogP contribution is -2.50. The van der Waals surface area contributed by atoms with Gasteiger partial charge in [0.1, 0.15) is 5.82 Å². The Morgan fingerprint density at radius 2 is 1.82 bits per heavy atom. The van der Waals surface area contributed by atoms with E-state index in [-0.39, 0.29) is 23.9 Å². The van der Waals surface area contributed by atoms with Gasteiger partial charge in [0, 0.05) is 38.4 Å². The van der Waals surface area contributed by atoms with E-state index in [0.29, 0.717) is 24.3 Å². The molecule has 2 aliphatic rings. The van der Waals surface area contributed by atoms with Gasteiger partial charge in [-0.15, -0.1) is 0 Å². The number of rotatable bonds is 3. The van der Waals surface area contributed by atoms with Gasteiger partial charge in [-0.3, -0.25) is 9.48 Å². The van der Waals surface area contributed by atoms with Gasteiger partial charge in [-0.2, -0.15) is 9.40 Å². The molecule has 1 amide bonds. The SMILES string of the molecule is Cc1cc(F)ccc1S(=O)(=O)N1CCN(C(=O)c2cc3n(n2)CCCC3)CC1. The fraction of sp³-hybridized carbons (Fsp3) is 0.474. The molecule has 0 bridgehead atoms. The van der Waals surface area contributed by atoms with Crippen LogP contribution in [-0.4, -0.2) is 59.5 Å². The quantitative estimate of drug-likeness (QED) is 0.779. The number of nitrogens with zero attached hydrogens (tertiary/aromatic N) is 4. The van der Waals surface area contributed by atoms with Crippen molar-refractivity contribution >= 4 is 15.9 Å². The van der Waals surface area contributed by atoms with Gasteiger partial charge in [0.15, 0.2) is 5.69 Å². The normalized spacial score (nSPS) is 18.1. The smallest absolute Gasteiger partial charge is 0.274 e. The summed E-state index contributed by atoms with van der Waals surface area (Å²) in [4.78, 5) is 14.5. The molecule has 3 heterocycles. The Morgan fingerprint density at radius 1 is 1.07 bits per heavy atom. The third-order valence-corrected chi connectivity index (χ3v) is 7.47. The van der Waals surface area contributed by atoms with Crippen molar-refractivity contribution < 1.29 is 17.6 Å². The van der Waals surface area contributed by atoms with Crippen molar-refractivity contribution in [3.05, 3.63) is 47.0 Å². The lowest BCUT2D eigenvalue weighted by molar-refractivity contribution is 0.0691. The van der Waals surface area contributed by atoms with Crippen LogP contribution in [0.15, 0.2) is 29.2 Å². The van der Waals surface area contributed by atoms with Crippen molar-refractivity contribution in [1.29, 1.82) is 0 Å². The molecule has 2 aliphatic heterocycles. The van der Waals surface area contributed by atoms with E-state index in [0.717, 1.165) is 37.6 Å². The zero-order valence-corrected chi connectivity index (χ0v) is 16.6. The van der Waals surface area contributed by atoms with Gasteiger partial charge in [0.25, 0.3) is 5.91 Å². The zero-order valence-electron chi connectivity index (χ0n) is 15.8. The number of halogens is 1. The Bertz CT molecular complexity index is 987. The monoisotopic (exact) mass is 406 g/mol. The molecular formula is C19H23FN4O3S. The highest BCUT2D eigenvalue weighted by Crippen LogP contribution is 2.23. The van der Waals surface area contributed by atoms with Gasteiger partial charge in [-0.1, -0.05) is 0 Å². The number of benzene rings is 1. The van der Waals surface area contributed by atoms with Crippen molar-refractivity contribution in [3.63, 3.8) is 0 Å². The maximum Gasteiger partial charge on any atom is 0.274 e. The average molecular weight is 406 g/mol. The molecule has 9 heteroatoms. The van der Waals surface area contributed by atoms with E-state index in [1.807, 2.05) is 10.7 Å². The van der Waals surface area contributed by atoms with Crippen LogP contribution < -0.4 is 0 Å². The Hall–Kier alpha value is -2.26. The molecule has 28 heavy (non-hydrogen) atoms. The predicted octanol–water partition coefficient (Wildman–Crippen LogP) is 1.81. The standard InChI is InChI=1S/C19H23FN4O3S/c1-14-12-15(20)5-6-18(14)28(26,27)23-10-8-22(9-11-23)19(25)17-13-16-4-2-3-7-24(16)21-17/h5-6,12-13H,2-4,7-11H2,1H3. The number of piperazine rings is 1. The van der Waals surface area contributed by atoms with Crippen LogP contribution in [0.5, 0.6) is 0 Å². The molecule has 0 atom stereocenters. The second-order valence-electron chi connectivity index (χ2n) is 7.31. The minimum absolute atomic E-state index is 0.107. The van der Waals surface area contributed by atoms with Crippen LogP contribution in [0.3, 0.4) is 0 Å². The molecule has 4 rings (SSSR count). The first kappa shape index (κ1) is 19.1. The highest BCUT2D eigenvalue weighted by molar-refractivity contribution is 7.89. The Balaban J connectivity index is 1.45. The number of aromatic nitrogens is 2. The van der Waals surface area contributed by atoms with Gasteiger partial charge in [0.2, 0.25) is 10.0 Å². The number of carbonyl (C=O) groups excluding carboxylic acids is 1. The van der Waals surface area contributed by atoms with Crippen LogP contribution in [0.4, 0.5) is 4.39 Å². The Labute approximate surface area is 163 Å². The Morgan fingerprint density at radius 3 is 2.50 bits per heavy atom. The first-order chi connectivity index (χ1) is 13.4. The summed E-state index contributed by atoms with van der Waals surface area (Å²) < 4.78 is 42.3. The van der Waals surface area contributed by atoms with Gasteiger partial charge < -0.3 is 4.90 Å². The molecule has 0 spiro atoms. The number of aryl methyl sites for hydroxylation is 3. The molecule has 7 nitrogen and oxygen atoms in total. The summed E-state index contributed by atoms with van der Waals surface area (Å²) in [5, 5.41) is 4.42. The number of hydrogen-bond acceptors (Lipinski definition) is 4. The summed E-state index contributed by atoms with van der Waals surface area (Å²) >= 11 is 0. The zero-order chi connectivity index (χ0) is 19.9. The number of fused-ring (bicyclic) bond motifs is 1. The summed E-state index contributed by atoms with van der Waals surface area (Å²) in [6.07, 6.45) is 3.11. The second kappa shape index (κ2) is 7.29. The van der Waals surface area contributed by atoms with Crippen LogP contribution in [0.25, 0.3) is 0 Å². The predicted molar refractivity (Wildman–Crippen MR) is 101 cm³/mol. The lowest BCUT2D eigenvalue weighted by atomic mass is 10.1. The van der Waals surface area contributed by atoms with E-state index in [9.17, 15) is 17.6 Å². The van der Waals surface area contributed by atoms with E-state index in [1.165, 1.54) is 16.4 Å². The summed E-state index contributed by atoms with van der Waals surface area (Å²) in [6.45, 7) is 3.44. The maximum absolute atomic E-state index is 13.3. The van der Waals surface area contributed by atoms with Gasteiger partial charge in [-0.25, -0.2) is 12.8 Å². The summed E-state index contributed by atoms with van der Waals surface area (Å²) in [6, 6.07) is 5.52. The molecule has 0 unspecified atom stereocenters. The van der Waals surface area contributed by atoms with E-state index < -0.39 is 15.8 Å². The van der Waals surface area contributed by atoms with Crippen molar-refractivity contribution in [1.82, 2.24) is 19.0 Å². The average Bonchev–Trinajstić information content (AvgIpc) is 3.11. The second-order valence-corrected chi connectivity index (χ2v) is 9.21. The van der Waals surface area contributed by atoms with Gasteiger partial charge in [0.05, 0.1) is 4.90 Å². The summed E-state index contributed by atoms with van der Waals surface area (Å²) in [7, 11) is -3.72. The minimum Gasteiger partial charge on any atom is -0.335 e.